The van der Waals surface area contributed by atoms with Crippen LogP contribution in [0.25, 0.3) is 10.8 Å². The van der Waals surface area contributed by atoms with Crippen molar-refractivity contribution in [2.75, 3.05) is 18.1 Å². The second-order valence-electron chi connectivity index (χ2n) is 6.96. The van der Waals surface area contributed by atoms with Crippen LogP contribution < -0.4 is 15.0 Å². The third kappa shape index (κ3) is 3.20. The standard InChI is InChI=1S/C23H22N2O3/c1-15-7-5-11-19-21(24-16(2)26)23(27)25(22(15)19)13-14-28-20-12-6-9-17-8-3-4-10-18(17)20/h3-12,21H,13-14H2,1-2H3,(H,24,26). The molecule has 0 saturated carbocycles. The summed E-state index contributed by atoms with van der Waals surface area (Å²) in [5.74, 6) is 0.453. The number of ether oxygens (including phenoxy) is 1. The lowest BCUT2D eigenvalue weighted by Gasteiger charge is -2.20. The Morgan fingerprint density at radius 3 is 2.64 bits per heavy atom. The van der Waals surface area contributed by atoms with Gasteiger partial charge in [0.1, 0.15) is 18.4 Å². The molecule has 3 aromatic carbocycles. The van der Waals surface area contributed by atoms with Crippen LogP contribution in [-0.2, 0) is 9.59 Å². The van der Waals surface area contributed by atoms with Crippen LogP contribution in [0.15, 0.2) is 60.7 Å². The average molecular weight is 374 g/mol. The maximum atomic E-state index is 13.0. The van der Waals surface area contributed by atoms with E-state index in [9.17, 15) is 9.59 Å². The van der Waals surface area contributed by atoms with E-state index in [-0.39, 0.29) is 11.8 Å². The Hall–Kier alpha value is -3.34. The van der Waals surface area contributed by atoms with Crippen LogP contribution in [0.2, 0.25) is 0 Å². The number of carbonyl (C=O) groups excluding carboxylic acids is 2. The number of amides is 2. The van der Waals surface area contributed by atoms with Gasteiger partial charge >= 0.3 is 0 Å². The van der Waals surface area contributed by atoms with Gasteiger partial charge in [0.25, 0.3) is 5.91 Å². The van der Waals surface area contributed by atoms with Crippen LogP contribution in [0, 0.1) is 6.92 Å². The van der Waals surface area contributed by atoms with Gasteiger partial charge in [-0.15, -0.1) is 0 Å². The van der Waals surface area contributed by atoms with Crippen molar-refractivity contribution in [1.82, 2.24) is 5.32 Å². The molecule has 0 aromatic heterocycles. The predicted molar refractivity (Wildman–Crippen MR) is 110 cm³/mol. The van der Waals surface area contributed by atoms with Gasteiger partial charge in [-0.1, -0.05) is 54.6 Å². The number of aryl methyl sites for hydroxylation is 1. The Labute approximate surface area is 163 Å². The molecule has 1 unspecified atom stereocenters. The Morgan fingerprint density at radius 1 is 1.07 bits per heavy atom. The molecule has 1 heterocycles. The third-order valence-corrected chi connectivity index (χ3v) is 5.03. The van der Waals surface area contributed by atoms with E-state index < -0.39 is 6.04 Å². The number of hydrogen-bond acceptors (Lipinski definition) is 3. The lowest BCUT2D eigenvalue weighted by Crippen LogP contribution is -2.38. The number of carbonyl (C=O) groups is 2. The summed E-state index contributed by atoms with van der Waals surface area (Å²) in [6.45, 7) is 4.17. The van der Waals surface area contributed by atoms with E-state index in [1.165, 1.54) is 6.92 Å². The first-order chi connectivity index (χ1) is 13.6. The molecule has 2 amide bonds. The van der Waals surface area contributed by atoms with Gasteiger partial charge in [0.15, 0.2) is 0 Å². The topological polar surface area (TPSA) is 58.6 Å². The highest BCUT2D eigenvalue weighted by molar-refractivity contribution is 6.06. The number of hydrogen-bond donors (Lipinski definition) is 1. The Bertz CT molecular complexity index is 1060. The molecule has 0 saturated heterocycles. The van der Waals surface area contributed by atoms with Gasteiger partial charge in [-0.3, -0.25) is 9.59 Å². The van der Waals surface area contributed by atoms with Crippen molar-refractivity contribution in [2.45, 2.75) is 19.9 Å². The van der Waals surface area contributed by atoms with Crippen molar-refractivity contribution in [3.8, 4) is 5.75 Å². The molecule has 1 N–H and O–H groups in total. The lowest BCUT2D eigenvalue weighted by atomic mass is 10.1. The van der Waals surface area contributed by atoms with Gasteiger partial charge < -0.3 is 15.0 Å². The summed E-state index contributed by atoms with van der Waals surface area (Å²) in [6.07, 6.45) is 0. The third-order valence-electron chi connectivity index (χ3n) is 5.03. The summed E-state index contributed by atoms with van der Waals surface area (Å²) in [4.78, 5) is 26.2. The number of para-hydroxylation sites is 1. The quantitative estimate of drug-likeness (QED) is 0.740. The summed E-state index contributed by atoms with van der Waals surface area (Å²) in [5.41, 5.74) is 2.71. The van der Waals surface area contributed by atoms with E-state index in [2.05, 4.69) is 5.32 Å². The molecule has 0 spiro atoms. The molecule has 28 heavy (non-hydrogen) atoms. The minimum absolute atomic E-state index is 0.124. The summed E-state index contributed by atoms with van der Waals surface area (Å²) < 4.78 is 6.02. The first kappa shape index (κ1) is 18.0. The van der Waals surface area contributed by atoms with E-state index >= 15 is 0 Å². The highest BCUT2D eigenvalue weighted by Crippen LogP contribution is 2.38. The largest absolute Gasteiger partial charge is 0.491 e. The molecule has 142 valence electrons. The highest BCUT2D eigenvalue weighted by Gasteiger charge is 2.38. The van der Waals surface area contributed by atoms with Crippen molar-refractivity contribution in [3.63, 3.8) is 0 Å². The van der Waals surface area contributed by atoms with E-state index in [1.807, 2.05) is 67.6 Å². The van der Waals surface area contributed by atoms with E-state index in [1.54, 1.807) is 4.90 Å². The fourth-order valence-corrected chi connectivity index (χ4v) is 3.82. The summed E-state index contributed by atoms with van der Waals surface area (Å²) in [5, 5.41) is 4.93. The normalized spacial score (nSPS) is 15.6. The van der Waals surface area contributed by atoms with Crippen LogP contribution in [0.3, 0.4) is 0 Å². The van der Waals surface area contributed by atoms with Crippen LogP contribution in [-0.4, -0.2) is 25.0 Å². The molecule has 1 aliphatic heterocycles. The van der Waals surface area contributed by atoms with Gasteiger partial charge in [0.05, 0.1) is 12.2 Å². The molecule has 5 heteroatoms. The molecular formula is C23H22N2O3. The summed E-state index contributed by atoms with van der Waals surface area (Å²) >= 11 is 0. The second-order valence-corrected chi connectivity index (χ2v) is 6.96. The molecule has 0 radical (unpaired) electrons. The molecule has 0 bridgehead atoms. The number of benzene rings is 3. The molecule has 1 aliphatic rings. The van der Waals surface area contributed by atoms with E-state index in [4.69, 9.17) is 4.74 Å². The lowest BCUT2D eigenvalue weighted by molar-refractivity contribution is -0.126. The Morgan fingerprint density at radius 2 is 1.82 bits per heavy atom. The zero-order valence-electron chi connectivity index (χ0n) is 15.9. The van der Waals surface area contributed by atoms with Crippen LogP contribution in [0.1, 0.15) is 24.1 Å². The fourth-order valence-electron chi connectivity index (χ4n) is 3.82. The smallest absolute Gasteiger partial charge is 0.254 e. The number of nitrogens with zero attached hydrogens (tertiary/aromatic N) is 1. The van der Waals surface area contributed by atoms with Gasteiger partial charge in [0.2, 0.25) is 5.91 Å². The van der Waals surface area contributed by atoms with E-state index in [0.29, 0.717) is 13.2 Å². The monoisotopic (exact) mass is 374 g/mol. The average Bonchev–Trinajstić information content (AvgIpc) is 2.95. The number of fused-ring (bicyclic) bond motifs is 2. The molecule has 0 aliphatic carbocycles. The summed E-state index contributed by atoms with van der Waals surface area (Å²) in [6, 6.07) is 19.1. The number of rotatable bonds is 5. The minimum Gasteiger partial charge on any atom is -0.491 e. The van der Waals surface area contributed by atoms with Crippen molar-refractivity contribution in [3.05, 3.63) is 71.8 Å². The maximum absolute atomic E-state index is 13.0. The minimum atomic E-state index is -0.634. The van der Waals surface area contributed by atoms with Crippen molar-refractivity contribution < 1.29 is 14.3 Å². The van der Waals surface area contributed by atoms with E-state index in [0.717, 1.165) is 33.3 Å². The molecule has 1 atom stereocenters. The molecule has 4 rings (SSSR count). The van der Waals surface area contributed by atoms with Crippen LogP contribution in [0.5, 0.6) is 5.75 Å². The van der Waals surface area contributed by atoms with Gasteiger partial charge in [-0.25, -0.2) is 0 Å². The summed E-state index contributed by atoms with van der Waals surface area (Å²) in [7, 11) is 0. The first-order valence-corrected chi connectivity index (χ1v) is 9.35. The Balaban J connectivity index is 1.55. The Kier molecular flexibility index (Phi) is 4.74. The van der Waals surface area contributed by atoms with Crippen molar-refractivity contribution >= 4 is 28.3 Å². The second kappa shape index (κ2) is 7.35. The van der Waals surface area contributed by atoms with Crippen molar-refractivity contribution in [1.29, 1.82) is 0 Å². The molecular weight excluding hydrogens is 352 g/mol. The first-order valence-electron chi connectivity index (χ1n) is 9.35. The van der Waals surface area contributed by atoms with Gasteiger partial charge in [-0.2, -0.15) is 0 Å². The molecule has 0 fully saturated rings. The maximum Gasteiger partial charge on any atom is 0.254 e. The molecule has 3 aromatic rings. The SMILES string of the molecule is CC(=O)NC1C(=O)N(CCOc2cccc3ccccc23)c2c(C)cccc21. The zero-order chi connectivity index (χ0) is 19.7. The number of nitrogens with one attached hydrogen (secondary N) is 1. The highest BCUT2D eigenvalue weighted by atomic mass is 16.5. The van der Waals surface area contributed by atoms with Gasteiger partial charge in [-0.05, 0) is 23.9 Å². The van der Waals surface area contributed by atoms with Crippen LogP contribution >= 0.6 is 0 Å². The number of anilines is 1. The zero-order valence-corrected chi connectivity index (χ0v) is 15.9. The van der Waals surface area contributed by atoms with Crippen molar-refractivity contribution in [2.24, 2.45) is 0 Å². The predicted octanol–water partition coefficient (Wildman–Crippen LogP) is 3.75. The van der Waals surface area contributed by atoms with Crippen LogP contribution in [0.4, 0.5) is 5.69 Å². The fraction of sp³-hybridized carbons (Fsp3) is 0.217. The van der Waals surface area contributed by atoms with Gasteiger partial charge in [0, 0.05) is 17.9 Å². The molecule has 5 nitrogen and oxygen atoms in total.